The van der Waals surface area contributed by atoms with E-state index in [-0.39, 0.29) is 24.6 Å². The van der Waals surface area contributed by atoms with Crippen LogP contribution in [0.25, 0.3) is 6.08 Å². The van der Waals surface area contributed by atoms with E-state index in [1.807, 2.05) is 13.0 Å². The fourth-order valence-corrected chi connectivity index (χ4v) is 4.67. The maximum atomic E-state index is 13.1. The third-order valence-corrected chi connectivity index (χ3v) is 6.77. The number of amides is 1. The minimum atomic E-state index is -0.632. The summed E-state index contributed by atoms with van der Waals surface area (Å²) in [6, 6.07) is 13.1. The van der Waals surface area contributed by atoms with Gasteiger partial charge in [0.25, 0.3) is 5.91 Å². The first-order valence-corrected chi connectivity index (χ1v) is 12.2. The number of benzene rings is 2. The number of rotatable bonds is 8. The first-order chi connectivity index (χ1) is 16.7. The molecule has 1 N–H and O–H groups in total. The molecule has 0 aliphatic carbocycles. The fraction of sp³-hybridized carbons (Fsp3) is 0.192. The van der Waals surface area contributed by atoms with Crippen LogP contribution in [-0.2, 0) is 16.1 Å². The molecule has 0 atom stereocenters. The third-order valence-electron chi connectivity index (χ3n) is 5.03. The van der Waals surface area contributed by atoms with Crippen LogP contribution in [0.4, 0.5) is 9.39 Å². The molecular weight excluding hydrogens is 535 g/mol. The van der Waals surface area contributed by atoms with Crippen LogP contribution in [0.5, 0.6) is 5.75 Å². The standard InChI is InChI=1S/C26H22BrFN2O4S/c1-4-33-26(32)23-15(2)16(3)35-25(23)30-24(31)19(13-29)11-18-7-10-22(21(27)12-18)34-14-17-5-8-20(28)9-6-17/h5-12H,4,14H2,1-3H3,(H,30,31)/b19-11+. The SMILES string of the molecule is CCOC(=O)c1c(NC(=O)/C(C#N)=C/c2ccc(OCc3ccc(F)cc3)c(Br)c2)sc(C)c1C. The number of ether oxygens (including phenoxy) is 2. The zero-order valence-electron chi connectivity index (χ0n) is 19.3. The number of esters is 1. The number of thiophene rings is 1. The monoisotopic (exact) mass is 556 g/mol. The van der Waals surface area contributed by atoms with Gasteiger partial charge in [0.15, 0.2) is 0 Å². The summed E-state index contributed by atoms with van der Waals surface area (Å²) in [6.45, 7) is 5.80. The maximum absolute atomic E-state index is 13.1. The molecule has 0 unspecified atom stereocenters. The van der Waals surface area contributed by atoms with Crippen molar-refractivity contribution >= 4 is 50.2 Å². The highest BCUT2D eigenvalue weighted by molar-refractivity contribution is 9.10. The Bertz CT molecular complexity index is 1330. The van der Waals surface area contributed by atoms with Gasteiger partial charge in [0.1, 0.15) is 34.8 Å². The predicted molar refractivity (Wildman–Crippen MR) is 137 cm³/mol. The Morgan fingerprint density at radius 1 is 1.20 bits per heavy atom. The lowest BCUT2D eigenvalue weighted by atomic mass is 10.1. The molecule has 0 fully saturated rings. The van der Waals surface area contributed by atoms with Crippen molar-refractivity contribution in [2.24, 2.45) is 0 Å². The number of halogens is 2. The lowest BCUT2D eigenvalue weighted by Crippen LogP contribution is -2.16. The van der Waals surface area contributed by atoms with Gasteiger partial charge in [0, 0.05) is 4.88 Å². The van der Waals surface area contributed by atoms with Gasteiger partial charge in [-0.2, -0.15) is 5.26 Å². The molecular formula is C26H22BrFN2O4S. The summed E-state index contributed by atoms with van der Waals surface area (Å²) >= 11 is 4.69. The van der Waals surface area contributed by atoms with E-state index in [1.165, 1.54) is 29.5 Å². The Labute approximate surface area is 215 Å². The number of aryl methyl sites for hydroxylation is 1. The predicted octanol–water partition coefficient (Wildman–Crippen LogP) is 6.57. The summed E-state index contributed by atoms with van der Waals surface area (Å²) in [4.78, 5) is 26.1. The molecule has 2 aromatic carbocycles. The van der Waals surface area contributed by atoms with Crippen LogP contribution in [0.1, 0.15) is 38.8 Å². The van der Waals surface area contributed by atoms with Gasteiger partial charge in [-0.05, 0) is 83.7 Å². The summed E-state index contributed by atoms with van der Waals surface area (Å²) in [6.07, 6.45) is 1.45. The van der Waals surface area contributed by atoms with E-state index in [1.54, 1.807) is 44.2 Å². The van der Waals surface area contributed by atoms with E-state index in [0.717, 1.165) is 16.0 Å². The zero-order chi connectivity index (χ0) is 25.5. The van der Waals surface area contributed by atoms with Gasteiger partial charge in [0.2, 0.25) is 0 Å². The van der Waals surface area contributed by atoms with Crippen LogP contribution in [0.3, 0.4) is 0 Å². The number of carbonyl (C=O) groups excluding carboxylic acids is 2. The van der Waals surface area contributed by atoms with E-state index in [0.29, 0.717) is 26.4 Å². The number of nitriles is 1. The largest absolute Gasteiger partial charge is 0.488 e. The summed E-state index contributed by atoms with van der Waals surface area (Å²) < 4.78 is 24.6. The molecule has 0 aliphatic heterocycles. The number of nitrogens with one attached hydrogen (secondary N) is 1. The molecule has 6 nitrogen and oxygen atoms in total. The molecule has 0 bridgehead atoms. The van der Waals surface area contributed by atoms with Crippen LogP contribution in [-0.4, -0.2) is 18.5 Å². The van der Waals surface area contributed by atoms with Crippen LogP contribution in [0.15, 0.2) is 52.5 Å². The second kappa shape index (κ2) is 11.8. The topological polar surface area (TPSA) is 88.4 Å². The van der Waals surface area contributed by atoms with Crippen LogP contribution in [0, 0.1) is 31.0 Å². The van der Waals surface area contributed by atoms with E-state index in [9.17, 15) is 19.2 Å². The number of hydrogen-bond donors (Lipinski definition) is 1. The number of nitrogens with zero attached hydrogens (tertiary/aromatic N) is 1. The summed E-state index contributed by atoms with van der Waals surface area (Å²) in [5, 5.41) is 12.6. The van der Waals surface area contributed by atoms with E-state index < -0.39 is 11.9 Å². The van der Waals surface area contributed by atoms with Gasteiger partial charge in [0.05, 0.1) is 16.6 Å². The quantitative estimate of drug-likeness (QED) is 0.192. The molecule has 0 radical (unpaired) electrons. The molecule has 1 amide bonds. The Morgan fingerprint density at radius 2 is 1.91 bits per heavy atom. The average molecular weight is 557 g/mol. The molecule has 3 aromatic rings. The van der Waals surface area contributed by atoms with Gasteiger partial charge in [-0.3, -0.25) is 4.79 Å². The fourth-order valence-electron chi connectivity index (χ4n) is 3.12. The first-order valence-electron chi connectivity index (χ1n) is 10.6. The Morgan fingerprint density at radius 3 is 2.54 bits per heavy atom. The van der Waals surface area contributed by atoms with Gasteiger partial charge < -0.3 is 14.8 Å². The lowest BCUT2D eigenvalue weighted by Gasteiger charge is -2.09. The molecule has 9 heteroatoms. The molecule has 0 saturated heterocycles. The van der Waals surface area contributed by atoms with Crippen molar-refractivity contribution in [3.05, 3.63) is 85.5 Å². The third kappa shape index (κ3) is 6.56. The highest BCUT2D eigenvalue weighted by Crippen LogP contribution is 2.33. The Kier molecular flexibility index (Phi) is 8.79. The van der Waals surface area contributed by atoms with Crippen molar-refractivity contribution in [3.63, 3.8) is 0 Å². The smallest absolute Gasteiger partial charge is 0.341 e. The molecule has 1 heterocycles. The van der Waals surface area contributed by atoms with Crippen LogP contribution in [0.2, 0.25) is 0 Å². The molecule has 0 spiro atoms. The summed E-state index contributed by atoms with van der Waals surface area (Å²) in [5.41, 5.74) is 2.31. The van der Waals surface area contributed by atoms with Crippen molar-refractivity contribution < 1.29 is 23.5 Å². The van der Waals surface area contributed by atoms with E-state index in [4.69, 9.17) is 9.47 Å². The van der Waals surface area contributed by atoms with Crippen LogP contribution < -0.4 is 10.1 Å². The Balaban J connectivity index is 1.76. The van der Waals surface area contributed by atoms with Gasteiger partial charge in [-0.25, -0.2) is 9.18 Å². The highest BCUT2D eigenvalue weighted by Gasteiger charge is 2.23. The number of hydrogen-bond acceptors (Lipinski definition) is 6. The van der Waals surface area contributed by atoms with Crippen molar-refractivity contribution in [2.75, 3.05) is 11.9 Å². The normalized spacial score (nSPS) is 11.0. The van der Waals surface area contributed by atoms with Crippen molar-refractivity contribution in [2.45, 2.75) is 27.4 Å². The molecule has 180 valence electrons. The second-order valence-corrected chi connectivity index (χ2v) is 9.52. The minimum absolute atomic E-state index is 0.129. The average Bonchev–Trinajstić information content (AvgIpc) is 3.10. The summed E-state index contributed by atoms with van der Waals surface area (Å²) in [5.74, 6) is -0.915. The minimum Gasteiger partial charge on any atom is -0.488 e. The van der Waals surface area contributed by atoms with Crippen molar-refractivity contribution in [1.29, 1.82) is 5.26 Å². The molecule has 3 rings (SSSR count). The highest BCUT2D eigenvalue weighted by atomic mass is 79.9. The molecule has 35 heavy (non-hydrogen) atoms. The van der Waals surface area contributed by atoms with Gasteiger partial charge in [-0.1, -0.05) is 18.2 Å². The van der Waals surface area contributed by atoms with Crippen molar-refractivity contribution in [1.82, 2.24) is 0 Å². The second-order valence-electron chi connectivity index (χ2n) is 7.44. The van der Waals surface area contributed by atoms with Crippen molar-refractivity contribution in [3.8, 4) is 11.8 Å². The first kappa shape index (κ1) is 26.1. The van der Waals surface area contributed by atoms with Gasteiger partial charge >= 0.3 is 5.97 Å². The van der Waals surface area contributed by atoms with Crippen LogP contribution >= 0.6 is 27.3 Å². The number of anilines is 1. The number of carbonyl (C=O) groups is 2. The van der Waals surface area contributed by atoms with E-state index >= 15 is 0 Å². The maximum Gasteiger partial charge on any atom is 0.341 e. The molecule has 0 aliphatic rings. The summed E-state index contributed by atoms with van der Waals surface area (Å²) in [7, 11) is 0. The molecule has 0 saturated carbocycles. The Hall–Kier alpha value is -3.48. The lowest BCUT2D eigenvalue weighted by molar-refractivity contribution is -0.112. The molecule has 1 aromatic heterocycles. The van der Waals surface area contributed by atoms with Gasteiger partial charge in [-0.15, -0.1) is 11.3 Å². The zero-order valence-corrected chi connectivity index (χ0v) is 21.7. The van der Waals surface area contributed by atoms with E-state index in [2.05, 4.69) is 21.2 Å².